The van der Waals surface area contributed by atoms with Gasteiger partial charge in [0.25, 0.3) is 5.91 Å². The van der Waals surface area contributed by atoms with E-state index in [0.29, 0.717) is 21.8 Å². The molecule has 0 radical (unpaired) electrons. The average molecular weight is 290 g/mol. The minimum atomic E-state index is -0.411. The maximum absolute atomic E-state index is 12.0. The zero-order valence-corrected chi connectivity index (χ0v) is 11.5. The van der Waals surface area contributed by atoms with Crippen molar-refractivity contribution in [3.05, 3.63) is 46.3 Å². The first-order chi connectivity index (χ1) is 9.61. The van der Waals surface area contributed by atoms with Crippen LogP contribution >= 0.6 is 11.6 Å². The van der Waals surface area contributed by atoms with Gasteiger partial charge in [0.15, 0.2) is 0 Å². The van der Waals surface area contributed by atoms with Crippen LogP contribution < -0.4 is 11.1 Å². The topological polar surface area (TPSA) is 81.2 Å². The third-order valence-corrected chi connectivity index (χ3v) is 2.83. The number of nitrogens with two attached hydrogens (primary N) is 1. The Morgan fingerprint density at radius 3 is 3.00 bits per heavy atom. The fraction of sp³-hybridized carbons (Fsp3) is 0.143. The Hall–Kier alpha value is -2.29. The van der Waals surface area contributed by atoms with Gasteiger partial charge >= 0.3 is 0 Å². The highest BCUT2D eigenvalue weighted by atomic mass is 35.5. The zero-order valence-electron chi connectivity index (χ0n) is 10.7. The molecule has 0 aliphatic rings. The molecule has 0 saturated carbocycles. The molecule has 0 spiro atoms. The molecular weight excluding hydrogens is 278 g/mol. The number of aromatic nitrogens is 1. The minimum Gasteiger partial charge on any atom is -0.351 e. The molecule has 2 aromatic rings. The second kappa shape index (κ2) is 6.24. The van der Waals surface area contributed by atoms with E-state index in [1.54, 1.807) is 25.1 Å². The maximum atomic E-state index is 12.0. The molecule has 0 fully saturated rings. The van der Waals surface area contributed by atoms with Crippen molar-refractivity contribution in [1.82, 2.24) is 5.16 Å². The first-order valence-electron chi connectivity index (χ1n) is 5.83. The molecule has 0 unspecified atom stereocenters. The van der Waals surface area contributed by atoms with E-state index in [-0.39, 0.29) is 12.3 Å². The van der Waals surface area contributed by atoms with E-state index >= 15 is 0 Å². The Morgan fingerprint density at radius 2 is 2.35 bits per heavy atom. The van der Waals surface area contributed by atoms with Crippen molar-refractivity contribution in [2.75, 3.05) is 11.9 Å². The van der Waals surface area contributed by atoms with Gasteiger partial charge in [-0.05, 0) is 25.1 Å². The van der Waals surface area contributed by atoms with Crippen molar-refractivity contribution in [3.8, 4) is 11.8 Å². The molecule has 0 atom stereocenters. The maximum Gasteiger partial charge on any atom is 0.294 e. The number of anilines is 1. The van der Waals surface area contributed by atoms with Gasteiger partial charge in [0.1, 0.15) is 0 Å². The predicted octanol–water partition coefficient (Wildman–Crippen LogP) is 2.20. The molecule has 5 nitrogen and oxygen atoms in total. The van der Waals surface area contributed by atoms with Crippen molar-refractivity contribution in [1.29, 1.82) is 0 Å². The molecule has 1 aromatic heterocycles. The highest BCUT2D eigenvalue weighted by Gasteiger charge is 2.15. The van der Waals surface area contributed by atoms with Crippen LogP contribution in [0.5, 0.6) is 0 Å². The first kappa shape index (κ1) is 14.1. The van der Waals surface area contributed by atoms with E-state index in [4.69, 9.17) is 21.9 Å². The Labute approximate surface area is 121 Å². The molecule has 102 valence electrons. The highest BCUT2D eigenvalue weighted by molar-refractivity contribution is 6.34. The summed E-state index contributed by atoms with van der Waals surface area (Å²) in [7, 11) is 0. The summed E-state index contributed by atoms with van der Waals surface area (Å²) in [6, 6.07) is 5.08. The van der Waals surface area contributed by atoms with Crippen LogP contribution in [0.2, 0.25) is 5.02 Å². The Balaban J connectivity index is 2.25. The van der Waals surface area contributed by atoms with E-state index < -0.39 is 5.91 Å². The Kier molecular flexibility index (Phi) is 4.41. The summed E-state index contributed by atoms with van der Waals surface area (Å²) in [5, 5.41) is 6.64. The van der Waals surface area contributed by atoms with E-state index in [1.165, 1.54) is 6.20 Å². The lowest BCUT2D eigenvalue weighted by Gasteiger charge is -2.06. The summed E-state index contributed by atoms with van der Waals surface area (Å²) < 4.78 is 4.88. The van der Waals surface area contributed by atoms with Gasteiger partial charge in [-0.25, -0.2) is 0 Å². The van der Waals surface area contributed by atoms with Crippen molar-refractivity contribution in [3.63, 3.8) is 0 Å². The summed E-state index contributed by atoms with van der Waals surface area (Å²) in [6.07, 6.45) is 1.47. The molecule has 0 saturated heterocycles. The number of carbonyl (C=O) groups is 1. The van der Waals surface area contributed by atoms with Crippen molar-refractivity contribution < 1.29 is 9.32 Å². The lowest BCUT2D eigenvalue weighted by molar-refractivity contribution is 0.0987. The van der Waals surface area contributed by atoms with E-state index in [9.17, 15) is 4.79 Å². The average Bonchev–Trinajstić information content (AvgIpc) is 2.86. The number of benzene rings is 1. The van der Waals surface area contributed by atoms with E-state index in [1.807, 2.05) is 0 Å². The van der Waals surface area contributed by atoms with Crippen LogP contribution in [0.4, 0.5) is 5.69 Å². The summed E-state index contributed by atoms with van der Waals surface area (Å²) >= 11 is 6.04. The molecular formula is C14H12ClN3O2. The van der Waals surface area contributed by atoms with Crippen molar-refractivity contribution in [2.24, 2.45) is 5.73 Å². The number of amides is 1. The molecule has 1 heterocycles. The third-order valence-electron chi connectivity index (χ3n) is 2.50. The minimum absolute atomic E-state index is 0.152. The van der Waals surface area contributed by atoms with Crippen LogP contribution in [-0.2, 0) is 0 Å². The zero-order chi connectivity index (χ0) is 14.5. The standard InChI is InChI=1S/C14H12ClN3O2/c1-9-8-17-20-13(9)14(19)18-12-7-10(3-2-6-16)4-5-11(12)15/h4-5,7-8H,6,16H2,1H3,(H,18,19). The molecule has 0 bridgehead atoms. The van der Waals surface area contributed by atoms with Crippen molar-refractivity contribution >= 4 is 23.2 Å². The molecule has 20 heavy (non-hydrogen) atoms. The number of carbonyl (C=O) groups excluding carboxylic acids is 1. The second-order valence-electron chi connectivity index (χ2n) is 3.99. The molecule has 2 rings (SSSR count). The number of hydrogen-bond acceptors (Lipinski definition) is 4. The summed E-state index contributed by atoms with van der Waals surface area (Å²) in [6.45, 7) is 2.00. The van der Waals surface area contributed by atoms with Gasteiger partial charge < -0.3 is 15.6 Å². The van der Waals surface area contributed by atoms with Crippen LogP contribution in [0.25, 0.3) is 0 Å². The smallest absolute Gasteiger partial charge is 0.294 e. The van der Waals surface area contributed by atoms with E-state index in [2.05, 4.69) is 22.3 Å². The highest BCUT2D eigenvalue weighted by Crippen LogP contribution is 2.23. The number of nitrogens with one attached hydrogen (secondary N) is 1. The normalized spacial score (nSPS) is 9.75. The number of nitrogens with zero attached hydrogens (tertiary/aromatic N) is 1. The molecule has 3 N–H and O–H groups in total. The first-order valence-corrected chi connectivity index (χ1v) is 6.20. The van der Waals surface area contributed by atoms with Crippen LogP contribution in [-0.4, -0.2) is 17.6 Å². The number of rotatable bonds is 2. The number of hydrogen-bond donors (Lipinski definition) is 2. The molecule has 0 aliphatic heterocycles. The SMILES string of the molecule is Cc1cnoc1C(=O)Nc1cc(C#CCN)ccc1Cl. The van der Waals surface area contributed by atoms with Crippen molar-refractivity contribution in [2.45, 2.75) is 6.92 Å². The van der Waals surface area contributed by atoms with Gasteiger partial charge in [0, 0.05) is 11.1 Å². The summed E-state index contributed by atoms with van der Waals surface area (Å²) in [4.78, 5) is 12.0. The van der Waals surface area contributed by atoms with Gasteiger partial charge in [0.2, 0.25) is 5.76 Å². The van der Waals surface area contributed by atoms with Crippen LogP contribution in [0, 0.1) is 18.8 Å². The molecule has 0 aliphatic carbocycles. The van der Waals surface area contributed by atoms with Gasteiger partial charge in [-0.15, -0.1) is 0 Å². The fourth-order valence-corrected chi connectivity index (χ4v) is 1.71. The largest absolute Gasteiger partial charge is 0.351 e. The monoisotopic (exact) mass is 289 g/mol. The Morgan fingerprint density at radius 1 is 1.55 bits per heavy atom. The van der Waals surface area contributed by atoms with Crippen LogP contribution in [0.3, 0.4) is 0 Å². The second-order valence-corrected chi connectivity index (χ2v) is 4.40. The summed E-state index contributed by atoms with van der Waals surface area (Å²) in [5.74, 6) is 5.35. The lowest BCUT2D eigenvalue weighted by atomic mass is 10.2. The number of halogens is 1. The van der Waals surface area contributed by atoms with Crippen LogP contribution in [0.15, 0.2) is 28.9 Å². The van der Waals surface area contributed by atoms with Gasteiger partial charge in [-0.1, -0.05) is 28.6 Å². The predicted molar refractivity (Wildman–Crippen MR) is 76.6 cm³/mol. The van der Waals surface area contributed by atoms with Gasteiger partial charge in [0.05, 0.1) is 23.5 Å². The quantitative estimate of drug-likeness (QED) is 0.831. The van der Waals surface area contributed by atoms with E-state index in [0.717, 1.165) is 0 Å². The fourth-order valence-electron chi connectivity index (χ4n) is 1.54. The molecule has 1 aromatic carbocycles. The third kappa shape index (κ3) is 3.18. The summed E-state index contributed by atoms with van der Waals surface area (Å²) in [5.41, 5.74) is 7.14. The Bertz CT molecular complexity index is 698. The molecule has 6 heteroatoms. The lowest BCUT2D eigenvalue weighted by Crippen LogP contribution is -2.12. The van der Waals surface area contributed by atoms with Gasteiger partial charge in [-0.2, -0.15) is 0 Å². The molecule has 1 amide bonds. The van der Waals surface area contributed by atoms with Gasteiger partial charge in [-0.3, -0.25) is 4.79 Å². The van der Waals surface area contributed by atoms with Crippen LogP contribution in [0.1, 0.15) is 21.7 Å². The number of aryl methyl sites for hydroxylation is 1.